The van der Waals surface area contributed by atoms with E-state index in [1.807, 2.05) is 6.07 Å². The van der Waals surface area contributed by atoms with Gasteiger partial charge in [0.25, 0.3) is 0 Å². The monoisotopic (exact) mass is 292 g/mol. The fraction of sp³-hybridized carbons (Fsp3) is 0.571. The molecule has 0 aromatic heterocycles. The summed E-state index contributed by atoms with van der Waals surface area (Å²) in [5.41, 5.74) is 1.75. The van der Waals surface area contributed by atoms with E-state index in [4.69, 9.17) is 0 Å². The summed E-state index contributed by atoms with van der Waals surface area (Å²) >= 11 is 0. The minimum Gasteiger partial charge on any atom is -0.744 e. The summed E-state index contributed by atoms with van der Waals surface area (Å²) in [4.78, 5) is -0.0236. The molecule has 102 valence electrons. The number of aryl methyl sites for hydroxylation is 1. The van der Waals surface area contributed by atoms with Crippen LogP contribution in [0.25, 0.3) is 0 Å². The van der Waals surface area contributed by atoms with Crippen molar-refractivity contribution in [2.24, 2.45) is 0 Å². The van der Waals surface area contributed by atoms with Gasteiger partial charge in [0.2, 0.25) is 0 Å². The van der Waals surface area contributed by atoms with Crippen LogP contribution >= 0.6 is 0 Å². The Morgan fingerprint density at radius 1 is 1.05 bits per heavy atom. The van der Waals surface area contributed by atoms with Crippen molar-refractivity contribution in [3.63, 3.8) is 0 Å². The molecule has 0 aliphatic heterocycles. The van der Waals surface area contributed by atoms with Crippen molar-refractivity contribution in [3.05, 3.63) is 29.3 Å². The zero-order valence-electron chi connectivity index (χ0n) is 12.1. The summed E-state index contributed by atoms with van der Waals surface area (Å²) in [6.45, 7) is 4.15. The van der Waals surface area contributed by atoms with Crippen LogP contribution in [0.2, 0.25) is 0 Å². The van der Waals surface area contributed by atoms with Crippen LogP contribution in [0.5, 0.6) is 0 Å². The minimum atomic E-state index is -4.36. The molecule has 1 aromatic carbocycles. The molecule has 1 aromatic rings. The molecule has 19 heavy (non-hydrogen) atoms. The van der Waals surface area contributed by atoms with E-state index in [-0.39, 0.29) is 34.5 Å². The Balaban J connectivity index is 0.00000324. The molecule has 0 saturated heterocycles. The SMILES string of the molecule is CCCCc1cccc(S(=O)(=O)[O-])c1CCCC.[Na+]. The summed E-state index contributed by atoms with van der Waals surface area (Å²) in [6, 6.07) is 5.04. The molecular formula is C14H21NaO3S. The van der Waals surface area contributed by atoms with Crippen molar-refractivity contribution in [2.75, 3.05) is 0 Å². The molecule has 0 heterocycles. The summed E-state index contributed by atoms with van der Waals surface area (Å²) in [5, 5.41) is 0. The second-order valence-electron chi connectivity index (χ2n) is 4.56. The first-order valence-corrected chi connectivity index (χ1v) is 7.98. The van der Waals surface area contributed by atoms with E-state index in [9.17, 15) is 13.0 Å². The van der Waals surface area contributed by atoms with Crippen molar-refractivity contribution in [3.8, 4) is 0 Å². The molecular weight excluding hydrogens is 271 g/mol. The van der Waals surface area contributed by atoms with Crippen LogP contribution < -0.4 is 29.6 Å². The van der Waals surface area contributed by atoms with Crippen LogP contribution in [-0.2, 0) is 23.0 Å². The fourth-order valence-corrected chi connectivity index (χ4v) is 2.86. The van der Waals surface area contributed by atoms with Gasteiger partial charge in [0.1, 0.15) is 10.1 Å². The van der Waals surface area contributed by atoms with Crippen molar-refractivity contribution < 1.29 is 42.5 Å². The molecule has 3 nitrogen and oxygen atoms in total. The van der Waals surface area contributed by atoms with Crippen molar-refractivity contribution in [2.45, 2.75) is 57.3 Å². The van der Waals surface area contributed by atoms with E-state index in [1.165, 1.54) is 6.07 Å². The van der Waals surface area contributed by atoms with Gasteiger partial charge in [0, 0.05) is 0 Å². The molecule has 0 aliphatic carbocycles. The number of benzene rings is 1. The largest absolute Gasteiger partial charge is 1.00 e. The third-order valence-corrected chi connectivity index (χ3v) is 4.00. The quantitative estimate of drug-likeness (QED) is 0.536. The summed E-state index contributed by atoms with van der Waals surface area (Å²) in [7, 11) is -4.36. The zero-order chi connectivity index (χ0) is 13.6. The Kier molecular flexibility index (Phi) is 9.20. The molecule has 0 bridgehead atoms. The average molecular weight is 292 g/mol. The van der Waals surface area contributed by atoms with Crippen LogP contribution in [0.1, 0.15) is 50.7 Å². The molecule has 0 N–H and O–H groups in total. The molecule has 5 heteroatoms. The fourth-order valence-electron chi connectivity index (χ4n) is 2.08. The zero-order valence-corrected chi connectivity index (χ0v) is 14.9. The van der Waals surface area contributed by atoms with E-state index >= 15 is 0 Å². The van der Waals surface area contributed by atoms with E-state index in [0.29, 0.717) is 6.42 Å². The minimum absolute atomic E-state index is 0. The maximum Gasteiger partial charge on any atom is 1.00 e. The first-order chi connectivity index (χ1) is 8.50. The number of hydrogen-bond donors (Lipinski definition) is 0. The van der Waals surface area contributed by atoms with Gasteiger partial charge in [-0.2, -0.15) is 0 Å². The summed E-state index contributed by atoms with van der Waals surface area (Å²) < 4.78 is 33.9. The van der Waals surface area contributed by atoms with Gasteiger partial charge in [-0.3, -0.25) is 0 Å². The Morgan fingerprint density at radius 3 is 2.16 bits per heavy atom. The second-order valence-corrected chi connectivity index (χ2v) is 5.90. The van der Waals surface area contributed by atoms with Crippen molar-refractivity contribution in [1.29, 1.82) is 0 Å². The Hall–Kier alpha value is 0.130. The van der Waals surface area contributed by atoms with E-state index in [2.05, 4.69) is 13.8 Å². The normalized spacial score (nSPS) is 11.1. The van der Waals surface area contributed by atoms with E-state index in [0.717, 1.165) is 43.2 Å². The van der Waals surface area contributed by atoms with Crippen LogP contribution in [-0.4, -0.2) is 13.0 Å². The number of unbranched alkanes of at least 4 members (excludes halogenated alkanes) is 2. The maximum absolute atomic E-state index is 11.3. The van der Waals surface area contributed by atoms with Gasteiger partial charge in [-0.05, 0) is 42.9 Å². The smallest absolute Gasteiger partial charge is 0.744 e. The van der Waals surface area contributed by atoms with Gasteiger partial charge in [-0.25, -0.2) is 8.42 Å². The summed E-state index contributed by atoms with van der Waals surface area (Å²) in [5.74, 6) is 0. The second kappa shape index (κ2) is 9.14. The van der Waals surface area contributed by atoms with E-state index < -0.39 is 10.1 Å². The molecule has 0 fully saturated rings. The van der Waals surface area contributed by atoms with E-state index in [1.54, 1.807) is 6.07 Å². The standard InChI is InChI=1S/C14H22O3S.Na/c1-3-5-8-12-9-7-11-14(18(15,16)17)13(12)10-6-4-2;/h7,9,11H,3-6,8,10H2,1-2H3,(H,15,16,17);/q;+1/p-1. The van der Waals surface area contributed by atoms with Gasteiger partial charge < -0.3 is 4.55 Å². The Labute approximate surface area is 138 Å². The third kappa shape index (κ3) is 5.96. The maximum atomic E-state index is 11.3. The predicted octanol–water partition coefficient (Wildman–Crippen LogP) is 0.280. The van der Waals surface area contributed by atoms with Crippen molar-refractivity contribution in [1.82, 2.24) is 0 Å². The Morgan fingerprint density at radius 2 is 1.63 bits per heavy atom. The van der Waals surface area contributed by atoms with Gasteiger partial charge in [0.15, 0.2) is 0 Å². The van der Waals surface area contributed by atoms with Crippen LogP contribution in [0.4, 0.5) is 0 Å². The molecule has 0 saturated carbocycles. The van der Waals surface area contributed by atoms with Crippen LogP contribution in [0.3, 0.4) is 0 Å². The van der Waals surface area contributed by atoms with Crippen molar-refractivity contribution >= 4 is 10.1 Å². The molecule has 0 amide bonds. The van der Waals surface area contributed by atoms with Crippen LogP contribution in [0, 0.1) is 0 Å². The number of rotatable bonds is 7. The molecule has 0 spiro atoms. The molecule has 0 aliphatic rings. The van der Waals surface area contributed by atoms with Gasteiger partial charge in [-0.1, -0.05) is 38.8 Å². The van der Waals surface area contributed by atoms with Crippen LogP contribution in [0.15, 0.2) is 23.1 Å². The number of hydrogen-bond acceptors (Lipinski definition) is 3. The average Bonchev–Trinajstić information content (AvgIpc) is 2.32. The topological polar surface area (TPSA) is 57.2 Å². The van der Waals surface area contributed by atoms with Gasteiger partial charge in [-0.15, -0.1) is 0 Å². The predicted molar refractivity (Wildman–Crippen MR) is 71.6 cm³/mol. The molecule has 0 atom stereocenters. The van der Waals surface area contributed by atoms with Gasteiger partial charge >= 0.3 is 29.6 Å². The summed E-state index contributed by atoms with van der Waals surface area (Å²) in [6.07, 6.45) is 5.49. The molecule has 1 rings (SSSR count). The first-order valence-electron chi connectivity index (χ1n) is 6.57. The first kappa shape index (κ1) is 19.1. The molecule has 0 unspecified atom stereocenters. The molecule has 0 radical (unpaired) electrons. The van der Waals surface area contributed by atoms with Gasteiger partial charge in [0.05, 0.1) is 4.90 Å². The third-order valence-electron chi connectivity index (χ3n) is 3.08. The Bertz CT molecular complexity index is 483.